The van der Waals surface area contributed by atoms with Gasteiger partial charge in [0.25, 0.3) is 0 Å². The fourth-order valence-corrected chi connectivity index (χ4v) is 6.28. The summed E-state index contributed by atoms with van der Waals surface area (Å²) in [6.45, 7) is 5.41. The molecule has 39 heavy (non-hydrogen) atoms. The van der Waals surface area contributed by atoms with Crippen LogP contribution in [0.2, 0.25) is 5.02 Å². The van der Waals surface area contributed by atoms with E-state index in [4.69, 9.17) is 16.3 Å². The average Bonchev–Trinajstić information content (AvgIpc) is 3.57. The molecular weight excluding hydrogens is 516 g/mol. The van der Waals surface area contributed by atoms with E-state index in [0.717, 1.165) is 47.2 Å². The van der Waals surface area contributed by atoms with E-state index in [0.29, 0.717) is 11.4 Å². The van der Waals surface area contributed by atoms with E-state index in [-0.39, 0.29) is 30.2 Å². The number of nitriles is 1. The van der Waals surface area contributed by atoms with Crippen LogP contribution in [0.15, 0.2) is 36.4 Å². The number of carbonyl (C=O) groups excluding carboxylic acids is 3. The number of benzene rings is 2. The molecule has 2 aromatic carbocycles. The van der Waals surface area contributed by atoms with Gasteiger partial charge in [0, 0.05) is 30.2 Å². The maximum Gasteiger partial charge on any atom is 0.411 e. The lowest BCUT2D eigenvalue weighted by Gasteiger charge is -2.35. The molecule has 1 N–H and O–H groups in total. The van der Waals surface area contributed by atoms with E-state index < -0.39 is 23.8 Å². The zero-order valence-electron chi connectivity index (χ0n) is 22.7. The number of nitrogens with one attached hydrogen (secondary N) is 1. The predicted octanol–water partition coefficient (Wildman–Crippen LogP) is 4.86. The molecular formula is C30H33ClN4O4. The molecule has 2 fully saturated rings. The van der Waals surface area contributed by atoms with Crippen molar-refractivity contribution in [3.63, 3.8) is 0 Å². The minimum absolute atomic E-state index is 0.0137. The molecule has 0 radical (unpaired) electrons. The summed E-state index contributed by atoms with van der Waals surface area (Å²) in [6, 6.07) is 12.3. The van der Waals surface area contributed by atoms with Gasteiger partial charge in [-0.15, -0.1) is 0 Å². The van der Waals surface area contributed by atoms with Gasteiger partial charge in [-0.3, -0.25) is 14.5 Å². The normalized spacial score (nSPS) is 22.5. The minimum atomic E-state index is -0.805. The quantitative estimate of drug-likeness (QED) is 0.574. The molecule has 0 aromatic heterocycles. The highest BCUT2D eigenvalue weighted by Crippen LogP contribution is 2.43. The molecule has 2 bridgehead atoms. The van der Waals surface area contributed by atoms with Crippen molar-refractivity contribution < 1.29 is 19.1 Å². The van der Waals surface area contributed by atoms with Crippen molar-refractivity contribution >= 4 is 35.2 Å². The van der Waals surface area contributed by atoms with E-state index in [1.54, 1.807) is 37.6 Å². The summed E-state index contributed by atoms with van der Waals surface area (Å²) in [6.07, 6.45) is 2.66. The van der Waals surface area contributed by atoms with Gasteiger partial charge in [-0.2, -0.15) is 5.26 Å². The lowest BCUT2D eigenvalue weighted by Crippen LogP contribution is -2.55. The number of amides is 3. The first-order chi connectivity index (χ1) is 18.4. The number of piperidine rings is 1. The Morgan fingerprint density at radius 3 is 2.59 bits per heavy atom. The molecule has 1 saturated carbocycles. The van der Waals surface area contributed by atoms with Crippen molar-refractivity contribution in [2.45, 2.75) is 76.6 Å². The average molecular weight is 549 g/mol. The zero-order chi connectivity index (χ0) is 28.1. The summed E-state index contributed by atoms with van der Waals surface area (Å²) < 4.78 is 5.59. The molecule has 2 aromatic rings. The van der Waals surface area contributed by atoms with Crippen LogP contribution in [0.5, 0.6) is 0 Å². The molecule has 3 aliphatic rings. The lowest BCUT2D eigenvalue weighted by atomic mass is 9.96. The van der Waals surface area contributed by atoms with Gasteiger partial charge in [0.05, 0.1) is 12.5 Å². The van der Waals surface area contributed by atoms with Crippen molar-refractivity contribution in [3.05, 3.63) is 52.5 Å². The van der Waals surface area contributed by atoms with Gasteiger partial charge in [-0.05, 0) is 80.3 Å². The second-order valence-corrected chi connectivity index (χ2v) is 12.1. The summed E-state index contributed by atoms with van der Waals surface area (Å²) in [7, 11) is 1.77. The third-order valence-electron chi connectivity index (χ3n) is 7.90. The Morgan fingerprint density at radius 1 is 1.18 bits per heavy atom. The number of hydrogen-bond acceptors (Lipinski definition) is 5. The van der Waals surface area contributed by atoms with Crippen LogP contribution < -0.4 is 10.2 Å². The van der Waals surface area contributed by atoms with E-state index >= 15 is 0 Å². The number of fused-ring (bicyclic) bond motifs is 3. The van der Waals surface area contributed by atoms with Gasteiger partial charge >= 0.3 is 6.09 Å². The number of carbonyl (C=O) groups is 3. The predicted molar refractivity (Wildman–Crippen MR) is 148 cm³/mol. The Kier molecular flexibility index (Phi) is 7.06. The first kappa shape index (κ1) is 27.0. The summed E-state index contributed by atoms with van der Waals surface area (Å²) in [5.74, 6) is -0.199. The second kappa shape index (κ2) is 10.2. The van der Waals surface area contributed by atoms with Crippen molar-refractivity contribution in [1.82, 2.24) is 10.2 Å². The smallest absolute Gasteiger partial charge is 0.411 e. The van der Waals surface area contributed by atoms with Gasteiger partial charge in [-0.25, -0.2) is 4.79 Å². The molecule has 3 unspecified atom stereocenters. The third kappa shape index (κ3) is 5.33. The van der Waals surface area contributed by atoms with Gasteiger partial charge in [-0.1, -0.05) is 35.9 Å². The van der Waals surface area contributed by atoms with E-state index in [1.165, 1.54) is 0 Å². The van der Waals surface area contributed by atoms with Crippen LogP contribution in [0.3, 0.4) is 0 Å². The zero-order valence-corrected chi connectivity index (χ0v) is 23.4. The number of halogens is 1. The van der Waals surface area contributed by atoms with Crippen molar-refractivity contribution in [2.24, 2.45) is 5.92 Å². The maximum absolute atomic E-state index is 13.4. The summed E-state index contributed by atoms with van der Waals surface area (Å²) in [4.78, 5) is 41.6. The van der Waals surface area contributed by atoms with Gasteiger partial charge in [0.15, 0.2) is 0 Å². The van der Waals surface area contributed by atoms with Crippen LogP contribution in [0, 0.1) is 17.2 Å². The molecule has 1 saturated heterocycles. The first-order valence-electron chi connectivity index (χ1n) is 13.3. The van der Waals surface area contributed by atoms with Crippen molar-refractivity contribution in [3.8, 4) is 17.2 Å². The molecule has 4 atom stereocenters. The molecule has 2 aliphatic heterocycles. The highest BCUT2D eigenvalue weighted by Gasteiger charge is 2.52. The van der Waals surface area contributed by atoms with E-state index in [2.05, 4.69) is 11.4 Å². The molecule has 1 aliphatic carbocycles. The van der Waals surface area contributed by atoms with Crippen LogP contribution in [-0.2, 0) is 27.2 Å². The number of likely N-dealkylation sites (N-methyl/N-ethyl adjacent to an activating group) is 1. The number of hydrogen-bond donors (Lipinski definition) is 1. The highest BCUT2D eigenvalue weighted by molar-refractivity contribution is 6.31. The first-order valence-corrected chi connectivity index (χ1v) is 13.7. The second-order valence-electron chi connectivity index (χ2n) is 11.7. The number of anilines is 1. The number of nitrogens with zero attached hydrogens (tertiary/aromatic N) is 3. The summed E-state index contributed by atoms with van der Waals surface area (Å²) in [5, 5.41) is 13.2. The van der Waals surface area contributed by atoms with Crippen LogP contribution in [0.1, 0.15) is 51.2 Å². The summed E-state index contributed by atoms with van der Waals surface area (Å²) >= 11 is 6.63. The summed E-state index contributed by atoms with van der Waals surface area (Å²) in [5.41, 5.74) is 3.80. The highest BCUT2D eigenvalue weighted by atomic mass is 35.5. The minimum Gasteiger partial charge on any atom is -0.444 e. The number of ether oxygens (including phenoxy) is 1. The third-order valence-corrected chi connectivity index (χ3v) is 8.26. The molecule has 9 heteroatoms. The molecule has 2 heterocycles. The fraction of sp³-hybridized carbons (Fsp3) is 0.467. The van der Waals surface area contributed by atoms with Gasteiger partial charge in [0.2, 0.25) is 11.8 Å². The Hall–Kier alpha value is -3.57. The van der Waals surface area contributed by atoms with Crippen molar-refractivity contribution in [2.75, 3.05) is 11.9 Å². The molecule has 3 amide bonds. The van der Waals surface area contributed by atoms with Crippen LogP contribution in [0.25, 0.3) is 11.1 Å². The van der Waals surface area contributed by atoms with Crippen LogP contribution in [0.4, 0.5) is 10.5 Å². The van der Waals surface area contributed by atoms with E-state index in [1.807, 2.05) is 36.4 Å². The topological polar surface area (TPSA) is 103 Å². The standard InChI is InChI=1S/C30H33ClN4O4/c1-30(2,3)39-29(38)35-23-10-9-21(12-23)27(35)28(37)33-22(16-32)11-19-7-5-17(13-24(19)31)18-6-8-20-15-26(36)34(4)25(20)14-18/h5-8,13-14,21-23,27H,9-12,15H2,1-4H3,(H,33,37)/t21?,22?,23?,27-/m0/s1. The van der Waals surface area contributed by atoms with Gasteiger partial charge < -0.3 is 15.0 Å². The Bertz CT molecular complexity index is 1380. The molecule has 5 rings (SSSR count). The van der Waals surface area contributed by atoms with E-state index in [9.17, 15) is 19.6 Å². The van der Waals surface area contributed by atoms with Crippen LogP contribution >= 0.6 is 11.6 Å². The Balaban J connectivity index is 1.28. The lowest BCUT2D eigenvalue weighted by molar-refractivity contribution is -0.128. The van der Waals surface area contributed by atoms with Crippen molar-refractivity contribution in [1.29, 1.82) is 5.26 Å². The number of likely N-dealkylation sites (tertiary alicyclic amines) is 1. The maximum atomic E-state index is 13.4. The monoisotopic (exact) mass is 548 g/mol. The Morgan fingerprint density at radius 2 is 1.90 bits per heavy atom. The van der Waals surface area contributed by atoms with Gasteiger partial charge in [0.1, 0.15) is 17.7 Å². The Labute approximate surface area is 233 Å². The molecule has 204 valence electrons. The van der Waals surface area contributed by atoms with Crippen LogP contribution in [-0.4, -0.2) is 53.6 Å². The SMILES string of the molecule is CN1C(=O)Cc2ccc(-c3ccc(CC(C#N)NC(=O)[C@@H]4C5CCC(C5)N4C(=O)OC(C)(C)C)c(Cl)c3)cc21. The molecule has 8 nitrogen and oxygen atoms in total. The molecule has 0 spiro atoms. The fourth-order valence-electron chi connectivity index (χ4n) is 6.02. The number of rotatable bonds is 5. The largest absolute Gasteiger partial charge is 0.444 e.